The average molecular weight is 359 g/mol. The first-order valence-corrected chi connectivity index (χ1v) is 9.10. The first kappa shape index (κ1) is 15.8. The van der Waals surface area contributed by atoms with Crippen molar-refractivity contribution in [1.29, 1.82) is 0 Å². The molecule has 5 heteroatoms. The normalized spacial score (nSPS) is 15.7. The molecule has 24 heavy (non-hydrogen) atoms. The molecule has 0 radical (unpaired) electrons. The number of halogens is 2. The fraction of sp³-hybridized carbons (Fsp3) is 0.211. The molecule has 2 heterocycles. The number of hydrogen-bond donors (Lipinski definition) is 0. The van der Waals surface area contributed by atoms with E-state index in [4.69, 9.17) is 16.6 Å². The van der Waals surface area contributed by atoms with E-state index in [9.17, 15) is 4.39 Å². The molecule has 0 spiro atoms. The Morgan fingerprint density at radius 1 is 1.21 bits per heavy atom. The van der Waals surface area contributed by atoms with E-state index < -0.39 is 0 Å². The maximum atomic E-state index is 13.1. The molecule has 0 N–H and O–H groups in total. The Kier molecular flexibility index (Phi) is 4.35. The third kappa shape index (κ3) is 3.22. The zero-order valence-corrected chi connectivity index (χ0v) is 14.6. The number of fused-ring (bicyclic) bond motifs is 1. The van der Waals surface area contributed by atoms with Gasteiger partial charge in [0.15, 0.2) is 0 Å². The molecule has 122 valence electrons. The zero-order chi connectivity index (χ0) is 16.5. The number of aromatic nitrogens is 1. The molecule has 0 aliphatic carbocycles. The highest BCUT2D eigenvalue weighted by atomic mass is 35.5. The van der Waals surface area contributed by atoms with E-state index in [0.717, 1.165) is 42.1 Å². The van der Waals surface area contributed by atoms with Crippen LogP contribution in [0.1, 0.15) is 17.0 Å². The summed E-state index contributed by atoms with van der Waals surface area (Å²) in [6.07, 6.45) is 3.22. The molecule has 0 unspecified atom stereocenters. The van der Waals surface area contributed by atoms with Crippen molar-refractivity contribution in [2.45, 2.75) is 13.0 Å². The SMILES string of the molecule is Fc1ccc(CN2CC=C(c3nc4ccccc4s3)CC2)c(Cl)c1. The van der Waals surface area contributed by atoms with Crippen LogP contribution < -0.4 is 0 Å². The lowest BCUT2D eigenvalue weighted by Crippen LogP contribution is -2.28. The number of rotatable bonds is 3. The lowest BCUT2D eigenvalue weighted by Gasteiger charge is -2.26. The van der Waals surface area contributed by atoms with Gasteiger partial charge in [-0.25, -0.2) is 9.37 Å². The topological polar surface area (TPSA) is 16.1 Å². The number of thiazole rings is 1. The maximum absolute atomic E-state index is 13.1. The number of para-hydroxylation sites is 1. The molecule has 0 saturated carbocycles. The molecule has 3 aromatic rings. The second-order valence-corrected chi connectivity index (χ2v) is 7.37. The smallest absolute Gasteiger partial charge is 0.124 e. The number of benzene rings is 2. The van der Waals surface area contributed by atoms with Gasteiger partial charge in [-0.2, -0.15) is 0 Å². The van der Waals surface area contributed by atoms with Gasteiger partial charge in [-0.15, -0.1) is 11.3 Å². The lowest BCUT2D eigenvalue weighted by atomic mass is 10.1. The summed E-state index contributed by atoms with van der Waals surface area (Å²) in [4.78, 5) is 7.05. The summed E-state index contributed by atoms with van der Waals surface area (Å²) in [5, 5.41) is 1.62. The van der Waals surface area contributed by atoms with Crippen LogP contribution in [0.3, 0.4) is 0 Å². The van der Waals surface area contributed by atoms with E-state index >= 15 is 0 Å². The average Bonchev–Trinajstić information content (AvgIpc) is 3.02. The van der Waals surface area contributed by atoms with Crippen LogP contribution in [0.15, 0.2) is 48.5 Å². The summed E-state index contributed by atoms with van der Waals surface area (Å²) in [6.45, 7) is 2.55. The number of nitrogens with zero attached hydrogens (tertiary/aromatic N) is 2. The highest BCUT2D eigenvalue weighted by Gasteiger charge is 2.17. The van der Waals surface area contributed by atoms with Crippen LogP contribution in [-0.4, -0.2) is 23.0 Å². The molecule has 1 aromatic heterocycles. The summed E-state index contributed by atoms with van der Waals surface area (Å²) in [7, 11) is 0. The third-order valence-electron chi connectivity index (χ3n) is 4.27. The van der Waals surface area contributed by atoms with Gasteiger partial charge in [0.1, 0.15) is 10.8 Å². The summed E-state index contributed by atoms with van der Waals surface area (Å²) in [5.41, 5.74) is 3.35. The first-order valence-electron chi connectivity index (χ1n) is 7.90. The Morgan fingerprint density at radius 3 is 2.83 bits per heavy atom. The van der Waals surface area contributed by atoms with E-state index in [1.165, 1.54) is 22.4 Å². The molecule has 0 saturated heterocycles. The van der Waals surface area contributed by atoms with Crippen molar-refractivity contribution < 1.29 is 4.39 Å². The van der Waals surface area contributed by atoms with Crippen LogP contribution in [0.2, 0.25) is 5.02 Å². The van der Waals surface area contributed by atoms with Gasteiger partial charge >= 0.3 is 0 Å². The van der Waals surface area contributed by atoms with Crippen molar-refractivity contribution in [3.05, 3.63) is 70.0 Å². The molecule has 2 nitrogen and oxygen atoms in total. The highest BCUT2D eigenvalue weighted by molar-refractivity contribution is 7.19. The van der Waals surface area contributed by atoms with Gasteiger partial charge in [-0.05, 0) is 41.8 Å². The van der Waals surface area contributed by atoms with E-state index in [-0.39, 0.29) is 5.82 Å². The van der Waals surface area contributed by atoms with Gasteiger partial charge in [-0.1, -0.05) is 35.9 Å². The quantitative estimate of drug-likeness (QED) is 0.625. The fourth-order valence-corrected chi connectivity index (χ4v) is 4.21. The predicted molar refractivity (Wildman–Crippen MR) is 98.9 cm³/mol. The van der Waals surface area contributed by atoms with Gasteiger partial charge in [0.2, 0.25) is 0 Å². The molecule has 0 atom stereocenters. The van der Waals surface area contributed by atoms with E-state index in [1.54, 1.807) is 17.4 Å². The first-order chi connectivity index (χ1) is 11.7. The van der Waals surface area contributed by atoms with Crippen molar-refractivity contribution in [1.82, 2.24) is 9.88 Å². The Bertz CT molecular complexity index is 886. The highest BCUT2D eigenvalue weighted by Crippen LogP contribution is 2.31. The second kappa shape index (κ2) is 6.63. The zero-order valence-electron chi connectivity index (χ0n) is 13.0. The van der Waals surface area contributed by atoms with Crippen LogP contribution in [0, 0.1) is 5.82 Å². The van der Waals surface area contributed by atoms with Crippen molar-refractivity contribution >= 4 is 38.7 Å². The Labute approximate surface area is 149 Å². The van der Waals surface area contributed by atoms with E-state index in [0.29, 0.717) is 5.02 Å². The minimum absolute atomic E-state index is 0.291. The van der Waals surface area contributed by atoms with Gasteiger partial charge in [0.05, 0.1) is 10.2 Å². The Balaban J connectivity index is 1.48. The second-order valence-electron chi connectivity index (χ2n) is 5.94. The third-order valence-corrected chi connectivity index (χ3v) is 5.73. The standard InChI is InChI=1S/C19H16ClFN2S/c20-16-11-15(21)6-5-14(16)12-23-9-7-13(8-10-23)19-22-17-3-1-2-4-18(17)24-19/h1-7,11H,8-10,12H2. The fourth-order valence-electron chi connectivity index (χ4n) is 2.95. The summed E-state index contributed by atoms with van der Waals surface area (Å²) < 4.78 is 14.4. The van der Waals surface area contributed by atoms with Crippen LogP contribution >= 0.6 is 22.9 Å². The molecule has 1 aliphatic heterocycles. The van der Waals surface area contributed by atoms with E-state index in [2.05, 4.69) is 23.1 Å². The predicted octanol–water partition coefficient (Wildman–Crippen LogP) is 5.38. The van der Waals surface area contributed by atoms with Crippen LogP contribution in [0.5, 0.6) is 0 Å². The molecule has 0 fully saturated rings. The lowest BCUT2D eigenvalue weighted by molar-refractivity contribution is 0.294. The van der Waals surface area contributed by atoms with Crippen LogP contribution in [0.25, 0.3) is 15.8 Å². The van der Waals surface area contributed by atoms with Crippen LogP contribution in [-0.2, 0) is 6.54 Å². The van der Waals surface area contributed by atoms with Crippen molar-refractivity contribution in [3.8, 4) is 0 Å². The summed E-state index contributed by atoms with van der Waals surface area (Å²) in [5.74, 6) is -0.291. The summed E-state index contributed by atoms with van der Waals surface area (Å²) in [6, 6.07) is 12.9. The van der Waals surface area contributed by atoms with Crippen LogP contribution in [0.4, 0.5) is 4.39 Å². The Hall–Kier alpha value is -1.75. The largest absolute Gasteiger partial charge is 0.295 e. The van der Waals surface area contributed by atoms with Crippen molar-refractivity contribution in [2.75, 3.05) is 13.1 Å². The van der Waals surface area contributed by atoms with Crippen molar-refractivity contribution in [2.24, 2.45) is 0 Å². The van der Waals surface area contributed by atoms with Gasteiger partial charge in [-0.3, -0.25) is 4.90 Å². The molecule has 4 rings (SSSR count). The molecule has 0 amide bonds. The molecular weight excluding hydrogens is 343 g/mol. The van der Waals surface area contributed by atoms with E-state index in [1.807, 2.05) is 12.1 Å². The van der Waals surface area contributed by atoms with Gasteiger partial charge in [0, 0.05) is 24.7 Å². The minimum Gasteiger partial charge on any atom is -0.295 e. The maximum Gasteiger partial charge on any atom is 0.124 e. The van der Waals surface area contributed by atoms with Gasteiger partial charge in [0.25, 0.3) is 0 Å². The minimum atomic E-state index is -0.291. The monoisotopic (exact) mass is 358 g/mol. The van der Waals surface area contributed by atoms with Crippen molar-refractivity contribution in [3.63, 3.8) is 0 Å². The molecule has 0 bridgehead atoms. The summed E-state index contributed by atoms with van der Waals surface area (Å²) >= 11 is 7.88. The molecule has 1 aliphatic rings. The Morgan fingerprint density at radius 2 is 2.08 bits per heavy atom. The van der Waals surface area contributed by atoms with Gasteiger partial charge < -0.3 is 0 Å². The number of hydrogen-bond acceptors (Lipinski definition) is 3. The molecular formula is C19H16ClFN2S. The molecule has 2 aromatic carbocycles.